The highest BCUT2D eigenvalue weighted by atomic mass is 19.1. The Bertz CT molecular complexity index is 41.7. The summed E-state index contributed by atoms with van der Waals surface area (Å²) in [5.74, 6) is 0. The van der Waals surface area contributed by atoms with Crippen LogP contribution < -0.4 is 0 Å². The highest BCUT2D eigenvalue weighted by molar-refractivity contribution is 4.56. The normalized spacial score (nSPS) is 13.9. The fourth-order valence-corrected chi connectivity index (χ4v) is 0.616. The Hall–Kier alpha value is -0.0700. The minimum Gasteiger partial charge on any atom is -0.247 e. The van der Waals surface area contributed by atoms with E-state index in [-0.39, 0.29) is 0 Å². The highest BCUT2D eigenvalue weighted by Gasteiger charge is 1.94. The Morgan fingerprint density at radius 3 is 2.50 bits per heavy atom. The molecule has 1 radical (unpaired) electrons. The lowest BCUT2D eigenvalue weighted by Gasteiger charge is -1.97. The van der Waals surface area contributed by atoms with Gasteiger partial charge in [0.05, 0.1) is 0 Å². The van der Waals surface area contributed by atoms with E-state index in [1.54, 1.807) is 0 Å². The van der Waals surface area contributed by atoms with Crippen LogP contribution in [0.4, 0.5) is 4.39 Å². The van der Waals surface area contributed by atoms with Crippen molar-refractivity contribution in [3.8, 4) is 0 Å². The van der Waals surface area contributed by atoms with Gasteiger partial charge < -0.3 is 0 Å². The molecule has 0 aromatic heterocycles. The van der Waals surface area contributed by atoms with Crippen molar-refractivity contribution in [3.05, 3.63) is 6.92 Å². The SMILES string of the molecule is [CH2]C(F)CCCCC. The highest BCUT2D eigenvalue weighted by Crippen LogP contribution is 2.04. The number of halogens is 1. The van der Waals surface area contributed by atoms with Crippen LogP contribution in [0.3, 0.4) is 0 Å². The maximum atomic E-state index is 11.9. The monoisotopic (exact) mass is 117 g/mol. The van der Waals surface area contributed by atoms with Gasteiger partial charge in [-0.1, -0.05) is 26.2 Å². The summed E-state index contributed by atoms with van der Waals surface area (Å²) in [6.45, 7) is 5.35. The number of rotatable bonds is 4. The summed E-state index contributed by atoms with van der Waals surface area (Å²) in [5.41, 5.74) is 0. The summed E-state index contributed by atoms with van der Waals surface area (Å²) in [6.07, 6.45) is 3.07. The fourth-order valence-electron chi connectivity index (χ4n) is 0.616. The summed E-state index contributed by atoms with van der Waals surface area (Å²) in [5, 5.41) is 0. The van der Waals surface area contributed by atoms with Crippen LogP contribution >= 0.6 is 0 Å². The molecule has 0 saturated heterocycles. The van der Waals surface area contributed by atoms with Crippen LogP contribution in [0.25, 0.3) is 0 Å². The maximum Gasteiger partial charge on any atom is 0.100 e. The molecule has 8 heavy (non-hydrogen) atoms. The van der Waals surface area contributed by atoms with Crippen LogP contribution in [0.5, 0.6) is 0 Å². The predicted molar refractivity (Wildman–Crippen MR) is 34.4 cm³/mol. The molecule has 0 rings (SSSR count). The minimum absolute atomic E-state index is 0.633. The van der Waals surface area contributed by atoms with Gasteiger partial charge >= 0.3 is 0 Å². The van der Waals surface area contributed by atoms with Crippen molar-refractivity contribution >= 4 is 0 Å². The van der Waals surface area contributed by atoms with Crippen molar-refractivity contribution in [3.63, 3.8) is 0 Å². The molecule has 0 fully saturated rings. The third-order valence-corrected chi connectivity index (χ3v) is 1.12. The summed E-state index contributed by atoms with van der Waals surface area (Å²) in [4.78, 5) is 0. The Morgan fingerprint density at radius 2 is 2.12 bits per heavy atom. The van der Waals surface area contributed by atoms with Gasteiger partial charge in [0, 0.05) is 0 Å². The smallest absolute Gasteiger partial charge is 0.100 e. The second kappa shape index (κ2) is 5.07. The van der Waals surface area contributed by atoms with E-state index >= 15 is 0 Å². The summed E-state index contributed by atoms with van der Waals surface area (Å²) < 4.78 is 11.9. The van der Waals surface area contributed by atoms with Crippen LogP contribution in [-0.4, -0.2) is 6.17 Å². The zero-order chi connectivity index (χ0) is 6.41. The van der Waals surface area contributed by atoms with Crippen LogP contribution in [-0.2, 0) is 0 Å². The van der Waals surface area contributed by atoms with Crippen molar-refractivity contribution in [1.29, 1.82) is 0 Å². The Balaban J connectivity index is 2.72. The third-order valence-electron chi connectivity index (χ3n) is 1.12. The van der Waals surface area contributed by atoms with Gasteiger partial charge in [-0.25, -0.2) is 4.39 Å². The first-order valence-corrected chi connectivity index (χ1v) is 3.24. The predicted octanol–water partition coefficient (Wildman–Crippen LogP) is 2.74. The lowest BCUT2D eigenvalue weighted by molar-refractivity contribution is 0.363. The first kappa shape index (κ1) is 7.93. The van der Waals surface area contributed by atoms with E-state index in [1.165, 1.54) is 0 Å². The van der Waals surface area contributed by atoms with E-state index in [2.05, 4.69) is 13.8 Å². The number of hydrogen-bond acceptors (Lipinski definition) is 0. The second-order valence-corrected chi connectivity index (χ2v) is 2.09. The van der Waals surface area contributed by atoms with E-state index in [9.17, 15) is 4.39 Å². The van der Waals surface area contributed by atoms with Crippen LogP contribution in [0, 0.1) is 6.92 Å². The second-order valence-electron chi connectivity index (χ2n) is 2.09. The molecule has 0 saturated carbocycles. The Morgan fingerprint density at radius 1 is 1.50 bits per heavy atom. The van der Waals surface area contributed by atoms with E-state index in [1.807, 2.05) is 0 Å². The largest absolute Gasteiger partial charge is 0.247 e. The standard InChI is InChI=1S/C7H14F/c1-3-4-5-6-7(2)8/h7H,2-6H2,1H3. The van der Waals surface area contributed by atoms with Gasteiger partial charge in [-0.05, 0) is 13.3 Å². The molecular weight excluding hydrogens is 103 g/mol. The average Bonchev–Trinajstić information content (AvgIpc) is 1.66. The van der Waals surface area contributed by atoms with E-state index in [4.69, 9.17) is 0 Å². The first-order chi connectivity index (χ1) is 3.77. The topological polar surface area (TPSA) is 0 Å². The molecule has 0 nitrogen and oxygen atoms in total. The quantitative estimate of drug-likeness (QED) is 0.497. The first-order valence-electron chi connectivity index (χ1n) is 3.24. The molecule has 0 spiro atoms. The molecule has 0 heterocycles. The molecule has 0 aromatic rings. The summed E-state index contributed by atoms with van der Waals surface area (Å²) in [7, 11) is 0. The molecule has 0 aliphatic heterocycles. The van der Waals surface area contributed by atoms with Crippen molar-refractivity contribution in [2.75, 3.05) is 0 Å². The van der Waals surface area contributed by atoms with E-state index in [0.29, 0.717) is 6.42 Å². The van der Waals surface area contributed by atoms with Gasteiger partial charge in [-0.2, -0.15) is 0 Å². The minimum atomic E-state index is -0.846. The van der Waals surface area contributed by atoms with Gasteiger partial charge in [0.25, 0.3) is 0 Å². The summed E-state index contributed by atoms with van der Waals surface area (Å²) >= 11 is 0. The number of alkyl halides is 1. The molecule has 1 atom stereocenters. The molecule has 0 aliphatic carbocycles. The van der Waals surface area contributed by atoms with Crippen LogP contribution in [0.1, 0.15) is 32.6 Å². The molecule has 0 amide bonds. The van der Waals surface area contributed by atoms with Gasteiger partial charge in [-0.15, -0.1) is 0 Å². The average molecular weight is 117 g/mol. The molecule has 1 heteroatoms. The van der Waals surface area contributed by atoms with Crippen molar-refractivity contribution in [2.24, 2.45) is 0 Å². The van der Waals surface area contributed by atoms with E-state index < -0.39 is 6.17 Å². The van der Waals surface area contributed by atoms with Gasteiger partial charge in [-0.3, -0.25) is 0 Å². The van der Waals surface area contributed by atoms with Crippen molar-refractivity contribution in [1.82, 2.24) is 0 Å². The van der Waals surface area contributed by atoms with Gasteiger partial charge in [0.2, 0.25) is 0 Å². The number of unbranched alkanes of at least 4 members (excludes halogenated alkanes) is 2. The van der Waals surface area contributed by atoms with Crippen molar-refractivity contribution < 1.29 is 4.39 Å². The Labute approximate surface area is 51.1 Å². The molecule has 0 bridgehead atoms. The molecule has 0 aromatic carbocycles. The van der Waals surface area contributed by atoms with Crippen molar-refractivity contribution in [2.45, 2.75) is 38.8 Å². The third kappa shape index (κ3) is 5.93. The molecule has 1 unspecified atom stereocenters. The molecule has 0 N–H and O–H groups in total. The van der Waals surface area contributed by atoms with E-state index in [0.717, 1.165) is 19.3 Å². The summed E-state index contributed by atoms with van der Waals surface area (Å²) in [6, 6.07) is 0. The van der Waals surface area contributed by atoms with Crippen LogP contribution in [0.15, 0.2) is 0 Å². The fraction of sp³-hybridized carbons (Fsp3) is 0.857. The maximum absolute atomic E-state index is 11.9. The molecule has 49 valence electrons. The van der Waals surface area contributed by atoms with Gasteiger partial charge in [0.15, 0.2) is 0 Å². The zero-order valence-corrected chi connectivity index (χ0v) is 5.49. The molecular formula is C7H14F. The molecule has 0 aliphatic rings. The Kier molecular flexibility index (Phi) is 5.03. The van der Waals surface area contributed by atoms with Crippen LogP contribution in [0.2, 0.25) is 0 Å². The zero-order valence-electron chi connectivity index (χ0n) is 5.49. The lowest BCUT2D eigenvalue weighted by atomic mass is 10.1. The lowest BCUT2D eigenvalue weighted by Crippen LogP contribution is -1.90. The van der Waals surface area contributed by atoms with Gasteiger partial charge in [0.1, 0.15) is 6.17 Å². The number of hydrogen-bond donors (Lipinski definition) is 0.